The number of nitrogens with zero attached hydrogens (tertiary/aromatic N) is 5. The summed E-state index contributed by atoms with van der Waals surface area (Å²) in [4.78, 5) is 16.2. The summed E-state index contributed by atoms with van der Waals surface area (Å²) in [7, 11) is 0. The number of hydrogen-bond acceptors (Lipinski definition) is 4. The first kappa shape index (κ1) is 47.1. The minimum absolute atomic E-state index is 0.147. The zero-order chi connectivity index (χ0) is 53.6. The van der Waals surface area contributed by atoms with Gasteiger partial charge in [-0.3, -0.25) is 4.57 Å². The monoisotopic (exact) mass is 1030 g/mol. The zero-order valence-electron chi connectivity index (χ0n) is 44.8. The highest BCUT2D eigenvalue weighted by atomic mass is 16.3. The number of para-hydroxylation sites is 4. The van der Waals surface area contributed by atoms with E-state index in [0.717, 1.165) is 99.4 Å². The van der Waals surface area contributed by atoms with Crippen molar-refractivity contribution < 1.29 is 4.42 Å². The van der Waals surface area contributed by atoms with E-state index in [-0.39, 0.29) is 5.41 Å². The Morgan fingerprint density at radius 1 is 0.325 bits per heavy atom. The third-order valence-corrected chi connectivity index (χ3v) is 16.4. The standard InChI is InChI=1S/C72H47N5O.C2H6/c1-72(2)61-28-13-9-22-53(61)54-35-32-46(41-62(54)72)49-38-48(44-18-5-3-6-19-44)39-50(40-49)52-26-17-27-59-60-43-51(76-63-29-14-10-23-55(63)56-24-11-15-30-64(56)76)34-37-65(60)77(68(52)59)71-74-69(45-20-7-4-8-21-45)73-70(75-71)47-33-36-58-57-25-12-16-31-66(57)78-67(58)42-47;1-2/h3-43H,1-2H3;1-2H3. The number of furan rings is 1. The summed E-state index contributed by atoms with van der Waals surface area (Å²) in [6.07, 6.45) is 0. The van der Waals surface area contributed by atoms with Crippen molar-refractivity contribution in [3.63, 3.8) is 0 Å². The summed E-state index contributed by atoms with van der Waals surface area (Å²) in [5, 5.41) is 6.72. The van der Waals surface area contributed by atoms with Gasteiger partial charge in [-0.1, -0.05) is 204 Å². The molecule has 0 bridgehead atoms. The van der Waals surface area contributed by atoms with E-state index in [4.69, 9.17) is 19.4 Å². The largest absolute Gasteiger partial charge is 0.456 e. The lowest BCUT2D eigenvalue weighted by molar-refractivity contribution is 0.660. The number of benzene rings is 11. The first-order valence-corrected chi connectivity index (χ1v) is 27.7. The molecule has 0 fully saturated rings. The van der Waals surface area contributed by atoms with Crippen molar-refractivity contribution in [3.8, 4) is 78.9 Å². The van der Waals surface area contributed by atoms with Gasteiger partial charge in [-0.25, -0.2) is 4.98 Å². The molecule has 4 aromatic heterocycles. The fraction of sp³-hybridized carbons (Fsp3) is 0.0676. The van der Waals surface area contributed by atoms with Gasteiger partial charge < -0.3 is 8.98 Å². The molecule has 0 amide bonds. The van der Waals surface area contributed by atoms with Gasteiger partial charge in [0, 0.05) is 60.1 Å². The molecule has 1 aliphatic rings. The summed E-state index contributed by atoms with van der Waals surface area (Å²) in [6.45, 7) is 8.71. The van der Waals surface area contributed by atoms with Crippen LogP contribution < -0.4 is 0 Å². The van der Waals surface area contributed by atoms with E-state index in [1.807, 2.05) is 50.2 Å². The highest BCUT2D eigenvalue weighted by Crippen LogP contribution is 2.50. The van der Waals surface area contributed by atoms with Crippen molar-refractivity contribution in [1.29, 1.82) is 0 Å². The minimum Gasteiger partial charge on any atom is -0.456 e. The van der Waals surface area contributed by atoms with E-state index in [0.29, 0.717) is 17.6 Å². The van der Waals surface area contributed by atoms with Crippen LogP contribution in [-0.4, -0.2) is 24.1 Å². The van der Waals surface area contributed by atoms with Crippen LogP contribution in [0.3, 0.4) is 0 Å². The molecule has 16 rings (SSSR count). The lowest BCUT2D eigenvalue weighted by Gasteiger charge is -2.22. The summed E-state index contributed by atoms with van der Waals surface area (Å²) in [5.74, 6) is 1.64. The molecular formula is C74H53N5O. The summed E-state index contributed by atoms with van der Waals surface area (Å²) >= 11 is 0. The van der Waals surface area contributed by atoms with Crippen LogP contribution in [-0.2, 0) is 5.41 Å². The highest BCUT2D eigenvalue weighted by molar-refractivity contribution is 6.15. The average molecular weight is 1030 g/mol. The van der Waals surface area contributed by atoms with Crippen molar-refractivity contribution in [1.82, 2.24) is 24.1 Å². The van der Waals surface area contributed by atoms with Crippen molar-refractivity contribution in [2.45, 2.75) is 33.1 Å². The third kappa shape index (κ3) is 7.36. The van der Waals surface area contributed by atoms with Crippen LogP contribution in [0.2, 0.25) is 0 Å². The normalized spacial score (nSPS) is 12.6. The van der Waals surface area contributed by atoms with Crippen LogP contribution in [0.5, 0.6) is 0 Å². The molecule has 1 aliphatic carbocycles. The Morgan fingerprint density at radius 2 is 0.887 bits per heavy atom. The molecule has 0 spiro atoms. The quantitative estimate of drug-likeness (QED) is 0.160. The van der Waals surface area contributed by atoms with Gasteiger partial charge in [0.1, 0.15) is 11.2 Å². The Balaban J connectivity index is 0.00000273. The minimum atomic E-state index is -0.147. The maximum absolute atomic E-state index is 6.46. The molecule has 80 heavy (non-hydrogen) atoms. The van der Waals surface area contributed by atoms with Crippen LogP contribution in [0.1, 0.15) is 38.8 Å². The molecule has 15 aromatic rings. The second kappa shape index (κ2) is 18.5. The van der Waals surface area contributed by atoms with Gasteiger partial charge in [-0.05, 0) is 123 Å². The number of hydrogen-bond donors (Lipinski definition) is 0. The Kier molecular flexibility index (Phi) is 10.9. The van der Waals surface area contributed by atoms with E-state index < -0.39 is 0 Å². The lowest BCUT2D eigenvalue weighted by atomic mass is 9.81. The van der Waals surface area contributed by atoms with Crippen LogP contribution >= 0.6 is 0 Å². The Labute approximate surface area is 463 Å². The maximum atomic E-state index is 6.46. The Hall–Kier alpha value is -10.2. The van der Waals surface area contributed by atoms with Crippen LogP contribution in [0.4, 0.5) is 0 Å². The van der Waals surface area contributed by atoms with Crippen molar-refractivity contribution >= 4 is 65.6 Å². The number of aromatic nitrogens is 5. The van der Waals surface area contributed by atoms with Crippen LogP contribution in [0, 0.1) is 0 Å². The first-order valence-electron chi connectivity index (χ1n) is 27.7. The fourth-order valence-corrected chi connectivity index (χ4v) is 12.6. The first-order chi connectivity index (χ1) is 39.4. The van der Waals surface area contributed by atoms with Gasteiger partial charge in [-0.2, -0.15) is 9.97 Å². The van der Waals surface area contributed by atoms with E-state index in [2.05, 4.69) is 235 Å². The maximum Gasteiger partial charge on any atom is 0.238 e. The molecule has 0 saturated heterocycles. The molecule has 0 atom stereocenters. The summed E-state index contributed by atoms with van der Waals surface area (Å²) in [5.41, 5.74) is 20.6. The molecule has 11 aromatic carbocycles. The van der Waals surface area contributed by atoms with Gasteiger partial charge in [0.2, 0.25) is 5.95 Å². The topological polar surface area (TPSA) is 61.7 Å². The van der Waals surface area contributed by atoms with Crippen LogP contribution in [0.15, 0.2) is 253 Å². The molecule has 0 aliphatic heterocycles. The van der Waals surface area contributed by atoms with Gasteiger partial charge >= 0.3 is 0 Å². The average Bonchev–Trinajstić information content (AvgIpc) is 4.27. The second-order valence-electron chi connectivity index (χ2n) is 21.2. The Bertz CT molecular complexity index is 4890. The molecule has 0 saturated carbocycles. The number of fused-ring (bicyclic) bond motifs is 12. The second-order valence-corrected chi connectivity index (χ2v) is 21.2. The molecule has 380 valence electrons. The SMILES string of the molecule is CC.CC1(C)c2ccccc2-c2ccc(-c3cc(-c4ccccc4)cc(-c4cccc5c6cc(-n7c8ccccc8c8ccccc87)ccc6n(-c6nc(-c7ccccc7)nc(-c7ccc8c(c7)oc7ccccc78)n6)c45)c3)cc21. The molecule has 0 N–H and O–H groups in total. The van der Waals surface area contributed by atoms with Crippen LogP contribution in [0.25, 0.3) is 144 Å². The van der Waals surface area contributed by atoms with Gasteiger partial charge in [0.25, 0.3) is 0 Å². The number of rotatable bonds is 7. The summed E-state index contributed by atoms with van der Waals surface area (Å²) in [6, 6.07) is 89.4. The van der Waals surface area contributed by atoms with E-state index in [1.54, 1.807) is 0 Å². The molecular weight excluding hydrogens is 975 g/mol. The predicted molar refractivity (Wildman–Crippen MR) is 332 cm³/mol. The highest BCUT2D eigenvalue weighted by Gasteiger charge is 2.35. The fourth-order valence-electron chi connectivity index (χ4n) is 12.6. The summed E-state index contributed by atoms with van der Waals surface area (Å²) < 4.78 is 11.1. The smallest absolute Gasteiger partial charge is 0.238 e. The van der Waals surface area contributed by atoms with Crippen molar-refractivity contribution in [2.24, 2.45) is 0 Å². The van der Waals surface area contributed by atoms with E-state index in [1.165, 1.54) is 38.6 Å². The molecule has 4 heterocycles. The van der Waals surface area contributed by atoms with Gasteiger partial charge in [-0.15, -0.1) is 0 Å². The van der Waals surface area contributed by atoms with Crippen molar-refractivity contribution in [2.75, 3.05) is 0 Å². The lowest BCUT2D eigenvalue weighted by Crippen LogP contribution is -2.14. The molecule has 6 nitrogen and oxygen atoms in total. The Morgan fingerprint density at radius 3 is 1.65 bits per heavy atom. The molecule has 0 unspecified atom stereocenters. The van der Waals surface area contributed by atoms with Gasteiger partial charge in [0.05, 0.1) is 22.1 Å². The van der Waals surface area contributed by atoms with E-state index in [9.17, 15) is 0 Å². The molecule has 0 radical (unpaired) electrons. The zero-order valence-corrected chi connectivity index (χ0v) is 44.8. The van der Waals surface area contributed by atoms with E-state index >= 15 is 0 Å². The third-order valence-electron chi connectivity index (χ3n) is 16.4. The predicted octanol–water partition coefficient (Wildman–Crippen LogP) is 19.6. The molecule has 6 heteroatoms. The van der Waals surface area contributed by atoms with Gasteiger partial charge in [0.15, 0.2) is 11.6 Å². The van der Waals surface area contributed by atoms with Crippen molar-refractivity contribution in [3.05, 3.63) is 260 Å².